The van der Waals surface area contributed by atoms with Gasteiger partial charge in [-0.2, -0.15) is 0 Å². The Morgan fingerprint density at radius 1 is 0.690 bits per heavy atom. The highest BCUT2D eigenvalue weighted by Gasteiger charge is 2.12. The van der Waals surface area contributed by atoms with Crippen molar-refractivity contribution in [1.82, 2.24) is 4.98 Å². The molecule has 0 radical (unpaired) electrons. The van der Waals surface area contributed by atoms with Gasteiger partial charge in [0.2, 0.25) is 0 Å². The summed E-state index contributed by atoms with van der Waals surface area (Å²) < 4.78 is 6.12. The smallest absolute Gasteiger partial charge is 0.135 e. The average molecular weight is 375 g/mol. The molecule has 0 N–H and O–H groups in total. The molecule has 0 atom stereocenters. The normalized spacial score (nSPS) is 11.1. The number of hydrogen-bond acceptors (Lipinski definition) is 2. The van der Waals surface area contributed by atoms with Gasteiger partial charge in [-0.15, -0.1) is 0 Å². The highest BCUT2D eigenvalue weighted by molar-refractivity contribution is 5.91. The minimum atomic E-state index is 0.901. The quantitative estimate of drug-likeness (QED) is 0.327. The van der Waals surface area contributed by atoms with Crippen molar-refractivity contribution in [1.29, 1.82) is 0 Å². The lowest BCUT2D eigenvalue weighted by molar-refractivity contribution is 0.631. The largest absolute Gasteiger partial charge is 0.456 e. The maximum Gasteiger partial charge on any atom is 0.135 e. The van der Waals surface area contributed by atoms with Crippen LogP contribution >= 0.6 is 0 Å². The summed E-state index contributed by atoms with van der Waals surface area (Å²) in [4.78, 5) is 4.54. The standard InChI is InChI=1S/C27H21NO/c1-18-13-14-28-25(15-18)22-10-6-9-21(16-22)23-11-12-26-24(19(23)2)17-27(29-26)20-7-4-3-5-8-20/h3-17H,1-2H3. The Balaban J connectivity index is 1.60. The zero-order valence-electron chi connectivity index (χ0n) is 16.5. The zero-order valence-corrected chi connectivity index (χ0v) is 16.5. The number of fused-ring (bicyclic) bond motifs is 1. The number of aryl methyl sites for hydroxylation is 2. The number of aromatic nitrogens is 1. The zero-order chi connectivity index (χ0) is 19.8. The molecule has 0 aliphatic heterocycles. The third-order valence-electron chi connectivity index (χ3n) is 5.41. The first-order chi connectivity index (χ1) is 14.2. The second-order valence-electron chi connectivity index (χ2n) is 7.43. The van der Waals surface area contributed by atoms with Gasteiger partial charge in [-0.25, -0.2) is 0 Å². The van der Waals surface area contributed by atoms with E-state index in [1.807, 2.05) is 30.5 Å². The Hall–Kier alpha value is -3.65. The Labute approximate surface area is 170 Å². The second kappa shape index (κ2) is 7.06. The third-order valence-corrected chi connectivity index (χ3v) is 5.41. The van der Waals surface area contributed by atoms with Crippen LogP contribution in [0.25, 0.3) is 44.7 Å². The molecule has 5 rings (SSSR count). The van der Waals surface area contributed by atoms with Gasteiger partial charge in [0.15, 0.2) is 0 Å². The number of rotatable bonds is 3. The Morgan fingerprint density at radius 3 is 2.31 bits per heavy atom. The van der Waals surface area contributed by atoms with Crippen LogP contribution in [0.1, 0.15) is 11.1 Å². The SMILES string of the molecule is Cc1ccnc(-c2cccc(-c3ccc4oc(-c5ccccc5)cc4c3C)c2)c1. The van der Waals surface area contributed by atoms with Crippen LogP contribution in [0.5, 0.6) is 0 Å². The Bertz CT molecular complexity index is 1320. The second-order valence-corrected chi connectivity index (χ2v) is 7.43. The predicted molar refractivity (Wildman–Crippen MR) is 120 cm³/mol. The number of hydrogen-bond donors (Lipinski definition) is 0. The number of furan rings is 1. The molecule has 29 heavy (non-hydrogen) atoms. The monoisotopic (exact) mass is 375 g/mol. The number of nitrogens with zero attached hydrogens (tertiary/aromatic N) is 1. The van der Waals surface area contributed by atoms with E-state index in [4.69, 9.17) is 4.42 Å². The van der Waals surface area contributed by atoms with Crippen LogP contribution in [0, 0.1) is 13.8 Å². The van der Waals surface area contributed by atoms with Crippen LogP contribution in [0.3, 0.4) is 0 Å². The molecular weight excluding hydrogens is 354 g/mol. The fourth-order valence-electron chi connectivity index (χ4n) is 3.85. The van der Waals surface area contributed by atoms with Crippen LogP contribution in [0.4, 0.5) is 0 Å². The molecule has 3 aromatic carbocycles. The van der Waals surface area contributed by atoms with E-state index in [2.05, 4.69) is 79.5 Å². The van der Waals surface area contributed by atoms with Crippen molar-refractivity contribution in [2.75, 3.05) is 0 Å². The van der Waals surface area contributed by atoms with Gasteiger partial charge in [-0.1, -0.05) is 54.6 Å². The average Bonchev–Trinajstić information content (AvgIpc) is 3.20. The molecule has 2 nitrogen and oxygen atoms in total. The van der Waals surface area contributed by atoms with E-state index in [1.165, 1.54) is 22.3 Å². The molecular formula is C27H21NO. The molecule has 140 valence electrons. The van der Waals surface area contributed by atoms with Gasteiger partial charge >= 0.3 is 0 Å². The van der Waals surface area contributed by atoms with Gasteiger partial charge in [0.25, 0.3) is 0 Å². The van der Waals surface area contributed by atoms with E-state index >= 15 is 0 Å². The maximum atomic E-state index is 6.12. The molecule has 2 heterocycles. The minimum absolute atomic E-state index is 0.901. The first-order valence-electron chi connectivity index (χ1n) is 9.81. The van der Waals surface area contributed by atoms with E-state index in [0.717, 1.165) is 33.6 Å². The lowest BCUT2D eigenvalue weighted by Crippen LogP contribution is -1.87. The molecule has 0 saturated heterocycles. The molecule has 2 aromatic heterocycles. The Kier molecular flexibility index (Phi) is 4.25. The van der Waals surface area contributed by atoms with Crippen LogP contribution in [0.2, 0.25) is 0 Å². The molecule has 0 bridgehead atoms. The van der Waals surface area contributed by atoms with Gasteiger partial charge in [-0.05, 0) is 66.4 Å². The summed E-state index contributed by atoms with van der Waals surface area (Å²) in [7, 11) is 0. The maximum absolute atomic E-state index is 6.12. The topological polar surface area (TPSA) is 26.0 Å². The Morgan fingerprint density at radius 2 is 1.48 bits per heavy atom. The molecule has 0 spiro atoms. The third kappa shape index (κ3) is 3.23. The summed E-state index contributed by atoms with van der Waals surface area (Å²) in [6, 6.07) is 29.3. The van der Waals surface area contributed by atoms with Crippen LogP contribution in [-0.4, -0.2) is 4.98 Å². The van der Waals surface area contributed by atoms with Gasteiger partial charge in [0, 0.05) is 22.7 Å². The van der Waals surface area contributed by atoms with Crippen LogP contribution in [-0.2, 0) is 0 Å². The molecule has 5 aromatic rings. The highest BCUT2D eigenvalue weighted by atomic mass is 16.3. The fourth-order valence-corrected chi connectivity index (χ4v) is 3.85. The summed E-state index contributed by atoms with van der Waals surface area (Å²) in [6.45, 7) is 4.26. The van der Waals surface area contributed by atoms with E-state index < -0.39 is 0 Å². The predicted octanol–water partition coefficient (Wildman–Crippen LogP) is 7.45. The van der Waals surface area contributed by atoms with Crippen molar-refractivity contribution in [3.8, 4) is 33.7 Å². The molecule has 2 heteroatoms. The minimum Gasteiger partial charge on any atom is -0.456 e. The fraction of sp³-hybridized carbons (Fsp3) is 0.0741. The van der Waals surface area contributed by atoms with E-state index in [1.54, 1.807) is 0 Å². The van der Waals surface area contributed by atoms with Crippen molar-refractivity contribution >= 4 is 11.0 Å². The van der Waals surface area contributed by atoms with E-state index in [-0.39, 0.29) is 0 Å². The lowest BCUT2D eigenvalue weighted by atomic mass is 9.95. The van der Waals surface area contributed by atoms with E-state index in [0.29, 0.717) is 0 Å². The van der Waals surface area contributed by atoms with Gasteiger partial charge in [0.05, 0.1) is 5.69 Å². The number of benzene rings is 3. The van der Waals surface area contributed by atoms with Crippen LogP contribution in [0.15, 0.2) is 95.5 Å². The van der Waals surface area contributed by atoms with Crippen molar-refractivity contribution in [3.63, 3.8) is 0 Å². The molecule has 0 saturated carbocycles. The van der Waals surface area contributed by atoms with Gasteiger partial charge in [-0.3, -0.25) is 4.98 Å². The van der Waals surface area contributed by atoms with Gasteiger partial charge in [0.1, 0.15) is 11.3 Å². The van der Waals surface area contributed by atoms with Crippen molar-refractivity contribution in [2.24, 2.45) is 0 Å². The van der Waals surface area contributed by atoms with Crippen LogP contribution < -0.4 is 0 Å². The van der Waals surface area contributed by atoms with Crippen molar-refractivity contribution in [2.45, 2.75) is 13.8 Å². The first kappa shape index (κ1) is 17.4. The van der Waals surface area contributed by atoms with E-state index in [9.17, 15) is 0 Å². The summed E-state index contributed by atoms with van der Waals surface area (Å²) in [6.07, 6.45) is 1.87. The lowest BCUT2D eigenvalue weighted by Gasteiger charge is -2.09. The highest BCUT2D eigenvalue weighted by Crippen LogP contribution is 2.35. The summed E-state index contributed by atoms with van der Waals surface area (Å²) in [5.41, 5.74) is 8.98. The van der Waals surface area contributed by atoms with Crippen molar-refractivity contribution < 1.29 is 4.42 Å². The molecule has 0 aliphatic carbocycles. The molecule has 0 aliphatic rings. The molecule has 0 amide bonds. The van der Waals surface area contributed by atoms with Gasteiger partial charge < -0.3 is 4.42 Å². The summed E-state index contributed by atoms with van der Waals surface area (Å²) in [5, 5.41) is 1.15. The molecule has 0 fully saturated rings. The van der Waals surface area contributed by atoms with Crippen molar-refractivity contribution in [3.05, 3.63) is 102 Å². The first-order valence-corrected chi connectivity index (χ1v) is 9.81. The summed E-state index contributed by atoms with van der Waals surface area (Å²) >= 11 is 0. The summed E-state index contributed by atoms with van der Waals surface area (Å²) in [5.74, 6) is 0.901. The molecule has 0 unspecified atom stereocenters. The number of pyridine rings is 1.